The Bertz CT molecular complexity index is 877. The number of fused-ring (bicyclic) bond motifs is 3. The first kappa shape index (κ1) is 16.5. The molecule has 3 aliphatic heterocycles. The summed E-state index contributed by atoms with van der Waals surface area (Å²) < 4.78 is 13.1. The van der Waals surface area contributed by atoms with E-state index in [9.17, 15) is 4.79 Å². The summed E-state index contributed by atoms with van der Waals surface area (Å²) in [7, 11) is 0. The molecule has 0 bridgehead atoms. The highest BCUT2D eigenvalue weighted by atomic mass is 16.6. The molecule has 1 spiro atoms. The van der Waals surface area contributed by atoms with Gasteiger partial charge in [0.15, 0.2) is 11.5 Å². The third-order valence-electron chi connectivity index (χ3n) is 6.97. The van der Waals surface area contributed by atoms with Crippen LogP contribution >= 0.6 is 0 Å². The molecule has 1 aromatic heterocycles. The summed E-state index contributed by atoms with van der Waals surface area (Å²) >= 11 is 0. The van der Waals surface area contributed by atoms with Crippen LogP contribution in [0, 0.1) is 11.8 Å². The molecule has 0 radical (unpaired) electrons. The van der Waals surface area contributed by atoms with E-state index in [1.165, 1.54) is 0 Å². The van der Waals surface area contributed by atoms with Gasteiger partial charge < -0.3 is 24.7 Å². The van der Waals surface area contributed by atoms with E-state index in [1.807, 2.05) is 12.4 Å². The predicted octanol–water partition coefficient (Wildman–Crippen LogP) is 1.09. The molecule has 9 nitrogen and oxygen atoms in total. The number of carbonyl (C=O) groups is 1. The average Bonchev–Trinajstić information content (AvgIpc) is 3.10. The lowest BCUT2D eigenvalue weighted by Crippen LogP contribution is -2.49. The first-order valence-electron chi connectivity index (χ1n) is 10.2. The largest absolute Gasteiger partial charge is 0.446 e. The highest BCUT2D eigenvalue weighted by molar-refractivity contribution is 5.78. The maximum atomic E-state index is 12.2. The van der Waals surface area contributed by atoms with E-state index in [4.69, 9.17) is 14.5 Å². The fourth-order valence-electron chi connectivity index (χ4n) is 5.37. The molecule has 4 heterocycles. The van der Waals surface area contributed by atoms with Gasteiger partial charge in [0.2, 0.25) is 0 Å². The minimum atomic E-state index is -0.339. The van der Waals surface area contributed by atoms with Crippen LogP contribution in [-0.2, 0) is 9.47 Å². The normalized spacial score (nSPS) is 39.5. The maximum absolute atomic E-state index is 12.2. The Labute approximate surface area is 162 Å². The van der Waals surface area contributed by atoms with Crippen LogP contribution in [0.15, 0.2) is 17.3 Å². The molecule has 3 unspecified atom stereocenters. The Morgan fingerprint density at radius 1 is 1.43 bits per heavy atom. The summed E-state index contributed by atoms with van der Waals surface area (Å²) in [6, 6.07) is 0.336. The summed E-state index contributed by atoms with van der Waals surface area (Å²) in [5.74, 6) is 2.88. The van der Waals surface area contributed by atoms with Gasteiger partial charge in [0.05, 0.1) is 31.5 Å². The van der Waals surface area contributed by atoms with Crippen LogP contribution in [0.3, 0.4) is 0 Å². The molecule has 6 rings (SSSR count). The molecule has 0 aromatic carbocycles. The van der Waals surface area contributed by atoms with Gasteiger partial charge in [-0.15, -0.1) is 10.2 Å². The van der Waals surface area contributed by atoms with Crippen LogP contribution in [0.4, 0.5) is 4.79 Å². The van der Waals surface area contributed by atoms with E-state index in [2.05, 4.69) is 38.4 Å². The predicted molar refractivity (Wildman–Crippen MR) is 98.9 cm³/mol. The average molecular weight is 384 g/mol. The summed E-state index contributed by atoms with van der Waals surface area (Å²) in [4.78, 5) is 16.9. The smallest absolute Gasteiger partial charge is 0.407 e. The molecule has 5 aliphatic rings. The van der Waals surface area contributed by atoms with Gasteiger partial charge in [-0.1, -0.05) is 19.4 Å². The summed E-state index contributed by atoms with van der Waals surface area (Å²) in [5, 5.41) is 15.2. The molecule has 2 aliphatic carbocycles. The number of aromatic nitrogens is 3. The number of hydrogen-bond donors (Lipinski definition) is 2. The van der Waals surface area contributed by atoms with Crippen molar-refractivity contribution in [3.8, 4) is 0 Å². The third-order valence-corrected chi connectivity index (χ3v) is 6.97. The third kappa shape index (κ3) is 2.22. The quantitative estimate of drug-likeness (QED) is 0.806. The highest BCUT2D eigenvalue weighted by Gasteiger charge is 2.69. The Morgan fingerprint density at radius 2 is 2.32 bits per heavy atom. The van der Waals surface area contributed by atoms with Gasteiger partial charge in [-0.25, -0.2) is 4.79 Å². The number of rotatable bonds is 4. The van der Waals surface area contributed by atoms with Crippen LogP contribution in [0.1, 0.15) is 49.8 Å². The molecule has 28 heavy (non-hydrogen) atoms. The second-order valence-corrected chi connectivity index (χ2v) is 8.50. The summed E-state index contributed by atoms with van der Waals surface area (Å²) in [5.41, 5.74) is -0.231. The Morgan fingerprint density at radius 3 is 3.11 bits per heavy atom. The molecular weight excluding hydrogens is 360 g/mol. The topological polar surface area (TPSA) is 103 Å². The number of nitrogens with one attached hydrogen (secondary N) is 2. The molecule has 148 valence electrons. The number of amides is 1. The van der Waals surface area contributed by atoms with E-state index < -0.39 is 0 Å². The summed E-state index contributed by atoms with van der Waals surface area (Å²) in [6.45, 7) is 3.33. The van der Waals surface area contributed by atoms with Crippen molar-refractivity contribution in [2.24, 2.45) is 16.8 Å². The van der Waals surface area contributed by atoms with Crippen LogP contribution in [-0.4, -0.2) is 58.1 Å². The molecule has 3 fully saturated rings. The second kappa shape index (κ2) is 5.79. The lowest BCUT2D eigenvalue weighted by Gasteiger charge is -2.27. The number of nitrogens with zero attached hydrogens (tertiary/aromatic N) is 4. The number of hydrogen-bond acceptors (Lipinski definition) is 7. The van der Waals surface area contributed by atoms with Gasteiger partial charge in [-0.3, -0.25) is 4.99 Å². The van der Waals surface area contributed by atoms with Gasteiger partial charge in [0.25, 0.3) is 0 Å². The number of aliphatic imine (C=N–C) groups is 1. The van der Waals surface area contributed by atoms with Gasteiger partial charge in [0.1, 0.15) is 11.9 Å². The van der Waals surface area contributed by atoms with Gasteiger partial charge in [-0.2, -0.15) is 0 Å². The van der Waals surface area contributed by atoms with E-state index in [-0.39, 0.29) is 35.9 Å². The first-order chi connectivity index (χ1) is 13.7. The van der Waals surface area contributed by atoms with Crippen molar-refractivity contribution in [3.63, 3.8) is 0 Å². The van der Waals surface area contributed by atoms with Crippen molar-refractivity contribution in [2.45, 2.75) is 56.0 Å². The maximum Gasteiger partial charge on any atom is 0.407 e. The SMILES string of the molecule is CC[C@@H]1C[C@@H](OC(=O)NC2COC2)C[C@@H]1c1nnc2n1C1C3C=CNC31N=C2. The minimum absolute atomic E-state index is 0.0838. The first-order valence-corrected chi connectivity index (χ1v) is 10.2. The Hall–Kier alpha value is -2.42. The monoisotopic (exact) mass is 384 g/mol. The van der Waals surface area contributed by atoms with Crippen molar-refractivity contribution in [2.75, 3.05) is 13.2 Å². The van der Waals surface area contributed by atoms with Crippen LogP contribution in [0.2, 0.25) is 0 Å². The zero-order valence-electron chi connectivity index (χ0n) is 15.7. The molecule has 2 saturated carbocycles. The number of ether oxygens (including phenoxy) is 2. The lowest BCUT2D eigenvalue weighted by atomic mass is 9.93. The van der Waals surface area contributed by atoms with E-state index in [0.29, 0.717) is 25.0 Å². The number of carbonyl (C=O) groups excluding carboxylic acids is 1. The molecule has 1 aromatic rings. The molecular formula is C19H24N6O3. The fraction of sp³-hybridized carbons (Fsp3) is 0.684. The number of alkyl carbamates (subject to hydrolysis) is 1. The molecule has 1 saturated heterocycles. The van der Waals surface area contributed by atoms with E-state index in [0.717, 1.165) is 30.9 Å². The van der Waals surface area contributed by atoms with Gasteiger partial charge >= 0.3 is 6.09 Å². The van der Waals surface area contributed by atoms with Crippen LogP contribution in [0.25, 0.3) is 0 Å². The zero-order valence-corrected chi connectivity index (χ0v) is 15.7. The van der Waals surface area contributed by atoms with Crippen molar-refractivity contribution < 1.29 is 14.3 Å². The lowest BCUT2D eigenvalue weighted by molar-refractivity contribution is -0.00845. The van der Waals surface area contributed by atoms with Gasteiger partial charge in [-0.05, 0) is 25.0 Å². The van der Waals surface area contributed by atoms with Crippen molar-refractivity contribution >= 4 is 12.3 Å². The standard InChI is InChI=1S/C19H24N6O3/c1-2-10-5-12(28-18(26)22-11-8-27-9-11)6-13(10)17-24-23-15-7-21-19-14(3-4-20-19)16(19)25(15)17/h3-4,7,10-14,16,20H,2,5-6,8-9H2,1H3,(H,22,26)/t10-,12-,13+,14?,16?,19?/m1/s1. The molecule has 6 atom stereocenters. The van der Waals surface area contributed by atoms with E-state index in [1.54, 1.807) is 0 Å². The summed E-state index contributed by atoms with van der Waals surface area (Å²) in [6.07, 6.45) is 8.27. The van der Waals surface area contributed by atoms with Gasteiger partial charge in [0, 0.05) is 11.8 Å². The molecule has 1 amide bonds. The van der Waals surface area contributed by atoms with Crippen molar-refractivity contribution in [1.29, 1.82) is 0 Å². The van der Waals surface area contributed by atoms with Crippen LogP contribution < -0.4 is 10.6 Å². The minimum Gasteiger partial charge on any atom is -0.446 e. The van der Waals surface area contributed by atoms with E-state index >= 15 is 0 Å². The Balaban J connectivity index is 1.21. The van der Waals surface area contributed by atoms with Crippen LogP contribution in [0.5, 0.6) is 0 Å². The second-order valence-electron chi connectivity index (χ2n) is 8.50. The zero-order chi connectivity index (χ0) is 18.9. The highest BCUT2D eigenvalue weighted by Crippen LogP contribution is 2.61. The molecule has 9 heteroatoms. The fourth-order valence-corrected chi connectivity index (χ4v) is 5.37. The Kier molecular flexibility index (Phi) is 3.42. The van der Waals surface area contributed by atoms with Crippen molar-refractivity contribution in [1.82, 2.24) is 25.4 Å². The van der Waals surface area contributed by atoms with Crippen molar-refractivity contribution in [3.05, 3.63) is 23.9 Å². The molecule has 2 N–H and O–H groups in total.